The molecule has 130 valence electrons. The van der Waals surface area contributed by atoms with Crippen molar-refractivity contribution in [1.82, 2.24) is 9.80 Å². The third-order valence-corrected chi connectivity index (χ3v) is 4.40. The molecule has 7 heteroatoms. The predicted octanol–water partition coefficient (Wildman–Crippen LogP) is 1.56. The summed E-state index contributed by atoms with van der Waals surface area (Å²) in [6.45, 7) is 10.0. The SMILES string of the molecule is CC(C)[C@@H](C(=O)O)N1CCC2(CN(C(=O)OC(C)(C)C)C2)C1=O. The Morgan fingerprint density at radius 1 is 1.26 bits per heavy atom. The van der Waals surface area contributed by atoms with Gasteiger partial charge in [0.2, 0.25) is 5.91 Å². The zero-order valence-electron chi connectivity index (χ0n) is 14.5. The number of carboxylic acids is 1. The Morgan fingerprint density at radius 3 is 2.26 bits per heavy atom. The second-order valence-corrected chi connectivity index (χ2v) is 7.89. The van der Waals surface area contributed by atoms with Crippen molar-refractivity contribution in [3.8, 4) is 0 Å². The van der Waals surface area contributed by atoms with Gasteiger partial charge in [-0.05, 0) is 33.1 Å². The van der Waals surface area contributed by atoms with Gasteiger partial charge in [-0.25, -0.2) is 9.59 Å². The monoisotopic (exact) mass is 326 g/mol. The molecule has 23 heavy (non-hydrogen) atoms. The maximum atomic E-state index is 12.7. The van der Waals surface area contributed by atoms with Gasteiger partial charge in [0.15, 0.2) is 0 Å². The number of ether oxygens (including phenoxy) is 1. The van der Waals surface area contributed by atoms with E-state index < -0.39 is 29.1 Å². The average Bonchev–Trinajstić information content (AvgIpc) is 2.62. The number of hydrogen-bond acceptors (Lipinski definition) is 4. The van der Waals surface area contributed by atoms with Crippen molar-refractivity contribution in [2.24, 2.45) is 11.3 Å². The first-order chi connectivity index (χ1) is 10.5. The molecule has 7 nitrogen and oxygen atoms in total. The van der Waals surface area contributed by atoms with Crippen LogP contribution in [0.2, 0.25) is 0 Å². The molecule has 0 aromatic carbocycles. The molecule has 1 N–H and O–H groups in total. The lowest BCUT2D eigenvalue weighted by Crippen LogP contribution is -2.63. The van der Waals surface area contributed by atoms with Gasteiger partial charge in [0.05, 0.1) is 5.41 Å². The van der Waals surface area contributed by atoms with Crippen LogP contribution < -0.4 is 0 Å². The third-order valence-electron chi connectivity index (χ3n) is 4.40. The van der Waals surface area contributed by atoms with Crippen LogP contribution in [0.3, 0.4) is 0 Å². The fraction of sp³-hybridized carbons (Fsp3) is 0.812. The number of likely N-dealkylation sites (tertiary alicyclic amines) is 2. The molecule has 0 saturated carbocycles. The molecule has 1 spiro atoms. The molecule has 2 saturated heterocycles. The number of aliphatic carboxylic acids is 1. The average molecular weight is 326 g/mol. The Bertz CT molecular complexity index is 517. The van der Waals surface area contributed by atoms with Crippen molar-refractivity contribution in [2.75, 3.05) is 19.6 Å². The largest absolute Gasteiger partial charge is 0.480 e. The van der Waals surface area contributed by atoms with Gasteiger partial charge in [-0.1, -0.05) is 13.8 Å². The number of carbonyl (C=O) groups excluding carboxylic acids is 2. The fourth-order valence-electron chi connectivity index (χ4n) is 3.32. The van der Waals surface area contributed by atoms with Gasteiger partial charge in [-0.2, -0.15) is 0 Å². The second kappa shape index (κ2) is 5.69. The van der Waals surface area contributed by atoms with Crippen LogP contribution in [-0.2, 0) is 14.3 Å². The molecule has 2 amide bonds. The number of carbonyl (C=O) groups is 3. The number of amides is 2. The van der Waals surface area contributed by atoms with Crippen molar-refractivity contribution in [3.05, 3.63) is 0 Å². The summed E-state index contributed by atoms with van der Waals surface area (Å²) in [5.41, 5.74) is -1.20. The highest BCUT2D eigenvalue weighted by atomic mass is 16.6. The molecule has 0 aliphatic carbocycles. The summed E-state index contributed by atoms with van der Waals surface area (Å²) in [5, 5.41) is 9.37. The van der Waals surface area contributed by atoms with Crippen molar-refractivity contribution >= 4 is 18.0 Å². The Hall–Kier alpha value is -1.79. The zero-order valence-corrected chi connectivity index (χ0v) is 14.5. The smallest absolute Gasteiger partial charge is 0.410 e. The minimum atomic E-state index is -0.978. The molecular formula is C16H26N2O5. The number of carboxylic acid groups (broad SMARTS) is 1. The molecule has 0 unspecified atom stereocenters. The first-order valence-corrected chi connectivity index (χ1v) is 7.99. The Kier molecular flexibility index (Phi) is 4.34. The molecule has 1 atom stereocenters. The molecule has 2 heterocycles. The zero-order chi connectivity index (χ0) is 17.6. The third kappa shape index (κ3) is 3.28. The van der Waals surface area contributed by atoms with E-state index in [1.54, 1.807) is 34.6 Å². The van der Waals surface area contributed by atoms with E-state index in [1.165, 1.54) is 9.80 Å². The van der Waals surface area contributed by atoms with Crippen LogP contribution in [0.25, 0.3) is 0 Å². The Balaban J connectivity index is 2.01. The van der Waals surface area contributed by atoms with Gasteiger partial charge in [0.25, 0.3) is 0 Å². The van der Waals surface area contributed by atoms with E-state index >= 15 is 0 Å². The lowest BCUT2D eigenvalue weighted by Gasteiger charge is -2.46. The first-order valence-electron chi connectivity index (χ1n) is 7.99. The highest BCUT2D eigenvalue weighted by molar-refractivity contribution is 5.91. The minimum absolute atomic E-state index is 0.154. The Labute approximate surface area is 136 Å². The van der Waals surface area contributed by atoms with Crippen molar-refractivity contribution in [2.45, 2.75) is 52.7 Å². The van der Waals surface area contributed by atoms with E-state index in [1.807, 2.05) is 0 Å². The molecule has 0 bridgehead atoms. The van der Waals surface area contributed by atoms with Gasteiger partial charge in [0, 0.05) is 19.6 Å². The van der Waals surface area contributed by atoms with E-state index in [4.69, 9.17) is 4.74 Å². The van der Waals surface area contributed by atoms with Crippen LogP contribution in [-0.4, -0.2) is 64.2 Å². The molecular weight excluding hydrogens is 300 g/mol. The summed E-state index contributed by atoms with van der Waals surface area (Å²) in [7, 11) is 0. The normalized spacial score (nSPS) is 21.6. The van der Waals surface area contributed by atoms with Gasteiger partial charge >= 0.3 is 12.1 Å². The summed E-state index contributed by atoms with van der Waals surface area (Å²) in [6, 6.07) is -0.808. The van der Waals surface area contributed by atoms with Gasteiger partial charge < -0.3 is 19.6 Å². The van der Waals surface area contributed by atoms with Gasteiger partial charge in [-0.3, -0.25) is 4.79 Å². The summed E-state index contributed by atoms with van der Waals surface area (Å²) in [5.74, 6) is -1.29. The molecule has 0 radical (unpaired) electrons. The maximum absolute atomic E-state index is 12.7. The number of rotatable bonds is 3. The molecule has 2 aliphatic heterocycles. The van der Waals surface area contributed by atoms with E-state index in [0.717, 1.165) is 0 Å². The summed E-state index contributed by atoms with van der Waals surface area (Å²) in [4.78, 5) is 39.1. The van der Waals surface area contributed by atoms with E-state index in [9.17, 15) is 19.5 Å². The molecule has 2 rings (SSSR count). The lowest BCUT2D eigenvalue weighted by molar-refractivity contribution is -0.156. The summed E-state index contributed by atoms with van der Waals surface area (Å²) < 4.78 is 5.30. The predicted molar refractivity (Wildman–Crippen MR) is 82.8 cm³/mol. The van der Waals surface area contributed by atoms with Crippen LogP contribution >= 0.6 is 0 Å². The van der Waals surface area contributed by atoms with Crippen LogP contribution in [0.15, 0.2) is 0 Å². The van der Waals surface area contributed by atoms with Crippen LogP contribution in [0.4, 0.5) is 4.79 Å². The van der Waals surface area contributed by atoms with E-state index in [-0.39, 0.29) is 11.8 Å². The minimum Gasteiger partial charge on any atom is -0.480 e. The fourth-order valence-corrected chi connectivity index (χ4v) is 3.32. The van der Waals surface area contributed by atoms with Crippen molar-refractivity contribution < 1.29 is 24.2 Å². The molecule has 0 aromatic heterocycles. The van der Waals surface area contributed by atoms with Crippen LogP contribution in [0.5, 0.6) is 0 Å². The second-order valence-electron chi connectivity index (χ2n) is 7.89. The topological polar surface area (TPSA) is 87.2 Å². The van der Waals surface area contributed by atoms with E-state index in [0.29, 0.717) is 26.1 Å². The number of nitrogens with zero attached hydrogens (tertiary/aromatic N) is 2. The molecule has 2 aliphatic rings. The molecule has 2 fully saturated rings. The maximum Gasteiger partial charge on any atom is 0.410 e. The first kappa shape index (κ1) is 17.6. The quantitative estimate of drug-likeness (QED) is 0.850. The van der Waals surface area contributed by atoms with Gasteiger partial charge in [-0.15, -0.1) is 0 Å². The van der Waals surface area contributed by atoms with Crippen molar-refractivity contribution in [3.63, 3.8) is 0 Å². The van der Waals surface area contributed by atoms with Gasteiger partial charge in [0.1, 0.15) is 11.6 Å². The van der Waals surface area contributed by atoms with Crippen LogP contribution in [0, 0.1) is 11.3 Å². The summed E-state index contributed by atoms with van der Waals surface area (Å²) >= 11 is 0. The highest BCUT2D eigenvalue weighted by Crippen LogP contribution is 2.42. The highest BCUT2D eigenvalue weighted by Gasteiger charge is 2.58. The lowest BCUT2D eigenvalue weighted by atomic mass is 9.78. The molecule has 0 aromatic rings. The Morgan fingerprint density at radius 2 is 1.83 bits per heavy atom. The number of hydrogen-bond donors (Lipinski definition) is 1. The van der Waals surface area contributed by atoms with Crippen LogP contribution in [0.1, 0.15) is 41.0 Å². The van der Waals surface area contributed by atoms with E-state index in [2.05, 4.69) is 0 Å². The van der Waals surface area contributed by atoms with Crippen molar-refractivity contribution in [1.29, 1.82) is 0 Å². The summed E-state index contributed by atoms with van der Waals surface area (Å²) in [6.07, 6.45) is 0.162. The standard InChI is InChI=1S/C16H26N2O5/c1-10(2)11(12(19)20)18-7-6-16(13(18)21)8-17(9-16)14(22)23-15(3,4)5/h10-11H,6-9H2,1-5H3,(H,19,20)/t11-/m0/s1.